The molecule has 1 amide bonds. The van der Waals surface area contributed by atoms with Crippen LogP contribution in [0.3, 0.4) is 0 Å². The van der Waals surface area contributed by atoms with Gasteiger partial charge >= 0.3 is 0 Å². The summed E-state index contributed by atoms with van der Waals surface area (Å²) in [5.41, 5.74) is 2.13. The molecule has 9 heteroatoms. The van der Waals surface area contributed by atoms with Crippen LogP contribution in [0.1, 0.15) is 5.56 Å². The van der Waals surface area contributed by atoms with E-state index in [0.29, 0.717) is 11.7 Å². The van der Waals surface area contributed by atoms with E-state index in [9.17, 15) is 4.79 Å². The average Bonchev–Trinajstić information content (AvgIpc) is 2.91. The lowest BCUT2D eigenvalue weighted by molar-refractivity contribution is -0.118. The van der Waals surface area contributed by atoms with Crippen molar-refractivity contribution in [3.63, 3.8) is 0 Å². The van der Waals surface area contributed by atoms with Gasteiger partial charge in [-0.05, 0) is 35.9 Å². The number of rotatable bonds is 9. The maximum Gasteiger partial charge on any atom is 0.230 e. The molecule has 0 radical (unpaired) electrons. The summed E-state index contributed by atoms with van der Waals surface area (Å²) in [5.74, 6) is 2.78. The quantitative estimate of drug-likeness (QED) is 0.370. The van der Waals surface area contributed by atoms with Crippen LogP contribution in [0, 0.1) is 0 Å². The predicted octanol–water partition coefficient (Wildman–Crippen LogP) is 3.23. The second-order valence-corrected chi connectivity index (χ2v) is 8.70. The summed E-state index contributed by atoms with van der Waals surface area (Å²) in [6.07, 6.45) is 1.76. The second kappa shape index (κ2) is 11.6. The van der Waals surface area contributed by atoms with E-state index in [1.54, 1.807) is 20.4 Å². The van der Waals surface area contributed by atoms with E-state index in [0.717, 1.165) is 54.7 Å². The summed E-state index contributed by atoms with van der Waals surface area (Å²) >= 11 is 1.34. The number of methoxy groups -OCH3 is 2. The zero-order valence-corrected chi connectivity index (χ0v) is 20.3. The number of amides is 1. The van der Waals surface area contributed by atoms with Gasteiger partial charge in [-0.2, -0.15) is 0 Å². The molecule has 1 saturated heterocycles. The molecule has 178 valence electrons. The van der Waals surface area contributed by atoms with Crippen LogP contribution in [0.15, 0.2) is 66.0 Å². The molecule has 0 unspecified atom stereocenters. The first-order valence-electron chi connectivity index (χ1n) is 11.1. The van der Waals surface area contributed by atoms with E-state index >= 15 is 0 Å². The van der Waals surface area contributed by atoms with Crippen LogP contribution < -0.4 is 24.6 Å². The lowest BCUT2D eigenvalue weighted by atomic mass is 10.2. The number of hydrogen-bond donors (Lipinski definition) is 1. The van der Waals surface area contributed by atoms with Gasteiger partial charge in [0.15, 0.2) is 5.16 Å². The van der Waals surface area contributed by atoms with E-state index in [4.69, 9.17) is 9.47 Å². The van der Waals surface area contributed by atoms with Crippen LogP contribution >= 0.6 is 11.8 Å². The lowest BCUT2D eigenvalue weighted by Gasteiger charge is -2.37. The molecule has 8 nitrogen and oxygen atoms in total. The van der Waals surface area contributed by atoms with Crippen LogP contribution in [0.2, 0.25) is 0 Å². The number of piperazine rings is 1. The first-order valence-corrected chi connectivity index (χ1v) is 12.1. The van der Waals surface area contributed by atoms with Gasteiger partial charge in [-0.1, -0.05) is 36.0 Å². The van der Waals surface area contributed by atoms with Gasteiger partial charge in [-0.3, -0.25) is 4.79 Å². The number of aromatic nitrogens is 2. The fourth-order valence-corrected chi connectivity index (χ4v) is 4.43. The number of carbonyl (C=O) groups excluding carboxylic acids is 1. The summed E-state index contributed by atoms with van der Waals surface area (Å²) in [6, 6.07) is 17.7. The molecule has 1 N–H and O–H groups in total. The fourth-order valence-electron chi connectivity index (χ4n) is 3.77. The third-order valence-electron chi connectivity index (χ3n) is 5.63. The molecule has 0 atom stereocenters. The number of thioether (sulfide) groups is 1. The van der Waals surface area contributed by atoms with Gasteiger partial charge in [0.25, 0.3) is 0 Å². The van der Waals surface area contributed by atoms with Crippen molar-refractivity contribution in [2.75, 3.05) is 56.0 Å². The molecular formula is C25H29N5O3S. The van der Waals surface area contributed by atoms with Gasteiger partial charge in [0.05, 0.1) is 25.7 Å². The number of nitrogens with one attached hydrogen (secondary N) is 1. The number of nitrogens with zero attached hydrogens (tertiary/aromatic N) is 4. The van der Waals surface area contributed by atoms with Crippen LogP contribution in [0.25, 0.3) is 0 Å². The Morgan fingerprint density at radius 1 is 0.971 bits per heavy atom. The molecule has 2 aromatic carbocycles. The zero-order chi connectivity index (χ0) is 23.8. The van der Waals surface area contributed by atoms with Crippen LogP contribution in [0.5, 0.6) is 11.5 Å². The topological polar surface area (TPSA) is 79.8 Å². The normalized spacial score (nSPS) is 13.5. The van der Waals surface area contributed by atoms with E-state index in [-0.39, 0.29) is 11.7 Å². The van der Waals surface area contributed by atoms with Crippen molar-refractivity contribution in [3.8, 4) is 11.5 Å². The lowest BCUT2D eigenvalue weighted by Crippen LogP contribution is -2.47. The Hall–Kier alpha value is -3.46. The first-order chi connectivity index (χ1) is 16.7. The summed E-state index contributed by atoms with van der Waals surface area (Å²) in [4.78, 5) is 25.9. The highest BCUT2D eigenvalue weighted by molar-refractivity contribution is 7.99. The molecule has 0 spiro atoms. The largest absolute Gasteiger partial charge is 0.497 e. The molecule has 2 heterocycles. The molecule has 0 saturated carbocycles. The third kappa shape index (κ3) is 6.11. The number of ether oxygens (including phenoxy) is 2. The molecule has 1 aliphatic heterocycles. The van der Waals surface area contributed by atoms with Crippen molar-refractivity contribution >= 4 is 29.2 Å². The standard InChI is InChI=1S/C25H29N5O3S/c1-32-20-9-7-19(8-10-20)17-27-24(31)18-34-25-26-12-11-23(28-25)30-15-13-29(14-16-30)21-5-3-4-6-22(21)33-2/h3-12H,13-18H2,1-2H3,(H,27,31). The number of para-hydroxylation sites is 2. The maximum atomic E-state index is 12.3. The van der Waals surface area contributed by atoms with Crippen LogP contribution in [-0.4, -0.2) is 62.0 Å². The average molecular weight is 480 g/mol. The monoisotopic (exact) mass is 479 g/mol. The summed E-state index contributed by atoms with van der Waals surface area (Å²) < 4.78 is 10.7. The highest BCUT2D eigenvalue weighted by Gasteiger charge is 2.21. The van der Waals surface area contributed by atoms with Gasteiger partial charge < -0.3 is 24.6 Å². The molecular weight excluding hydrogens is 450 g/mol. The van der Waals surface area contributed by atoms with Gasteiger partial charge in [-0.25, -0.2) is 9.97 Å². The Morgan fingerprint density at radius 3 is 2.44 bits per heavy atom. The van der Waals surface area contributed by atoms with E-state index in [2.05, 4.69) is 31.2 Å². The summed E-state index contributed by atoms with van der Waals surface area (Å²) in [5, 5.41) is 3.53. The van der Waals surface area contributed by atoms with E-state index in [1.807, 2.05) is 48.5 Å². The molecule has 4 rings (SSSR count). The molecule has 1 aromatic heterocycles. The van der Waals surface area contributed by atoms with E-state index in [1.165, 1.54) is 11.8 Å². The molecule has 1 aliphatic rings. The number of benzene rings is 2. The maximum absolute atomic E-state index is 12.3. The second-order valence-electron chi connectivity index (χ2n) is 7.76. The van der Waals surface area contributed by atoms with Gasteiger partial charge in [0, 0.05) is 38.9 Å². The zero-order valence-electron chi connectivity index (χ0n) is 19.4. The fraction of sp³-hybridized carbons (Fsp3) is 0.320. The third-order valence-corrected chi connectivity index (χ3v) is 6.49. The van der Waals surface area contributed by atoms with Crippen molar-refractivity contribution in [1.82, 2.24) is 15.3 Å². The summed E-state index contributed by atoms with van der Waals surface area (Å²) in [6.45, 7) is 3.92. The van der Waals surface area contributed by atoms with Crippen molar-refractivity contribution in [1.29, 1.82) is 0 Å². The molecule has 34 heavy (non-hydrogen) atoms. The Bertz CT molecular complexity index is 1090. The highest BCUT2D eigenvalue weighted by atomic mass is 32.2. The predicted molar refractivity (Wildman–Crippen MR) is 135 cm³/mol. The minimum absolute atomic E-state index is 0.0553. The minimum Gasteiger partial charge on any atom is -0.497 e. The first kappa shape index (κ1) is 23.7. The Labute approximate surface area is 204 Å². The van der Waals surface area contributed by atoms with Gasteiger partial charge in [0.1, 0.15) is 17.3 Å². The SMILES string of the molecule is COc1ccc(CNC(=O)CSc2nccc(N3CCN(c4ccccc4OC)CC3)n2)cc1. The van der Waals surface area contributed by atoms with Crippen molar-refractivity contribution in [3.05, 3.63) is 66.4 Å². The molecule has 0 aliphatic carbocycles. The van der Waals surface area contributed by atoms with E-state index < -0.39 is 0 Å². The number of hydrogen-bond acceptors (Lipinski definition) is 8. The van der Waals surface area contributed by atoms with Gasteiger partial charge in [0.2, 0.25) is 5.91 Å². The van der Waals surface area contributed by atoms with Crippen molar-refractivity contribution in [2.24, 2.45) is 0 Å². The Kier molecular flexibility index (Phi) is 8.08. The summed E-state index contributed by atoms with van der Waals surface area (Å²) in [7, 11) is 3.33. The van der Waals surface area contributed by atoms with Crippen LogP contribution in [-0.2, 0) is 11.3 Å². The number of carbonyl (C=O) groups is 1. The highest BCUT2D eigenvalue weighted by Crippen LogP contribution is 2.29. The number of anilines is 2. The van der Waals surface area contributed by atoms with Gasteiger partial charge in [-0.15, -0.1) is 0 Å². The van der Waals surface area contributed by atoms with Crippen molar-refractivity contribution in [2.45, 2.75) is 11.7 Å². The van der Waals surface area contributed by atoms with Crippen molar-refractivity contribution < 1.29 is 14.3 Å². The smallest absolute Gasteiger partial charge is 0.230 e. The van der Waals surface area contributed by atoms with Crippen LogP contribution in [0.4, 0.5) is 11.5 Å². The molecule has 3 aromatic rings. The molecule has 1 fully saturated rings. The minimum atomic E-state index is -0.0553. The Morgan fingerprint density at radius 2 is 1.71 bits per heavy atom. The Balaban J connectivity index is 1.26. The molecule has 0 bridgehead atoms.